The lowest BCUT2D eigenvalue weighted by atomic mass is 9.79. The molecule has 1 aromatic carbocycles. The third kappa shape index (κ3) is 3.52. The third-order valence-corrected chi connectivity index (χ3v) is 5.83. The van der Waals surface area contributed by atoms with E-state index in [1.165, 1.54) is 25.9 Å². The van der Waals surface area contributed by atoms with Gasteiger partial charge < -0.3 is 9.80 Å². The van der Waals surface area contributed by atoms with Gasteiger partial charge in [0.05, 0.1) is 5.69 Å². The molecule has 0 radical (unpaired) electrons. The van der Waals surface area contributed by atoms with Crippen molar-refractivity contribution in [1.82, 2.24) is 4.90 Å². The first-order chi connectivity index (χ1) is 11.1. The summed E-state index contributed by atoms with van der Waals surface area (Å²) in [4.78, 5) is 4.43. The molecule has 2 heterocycles. The van der Waals surface area contributed by atoms with Crippen LogP contribution in [0.2, 0.25) is 0 Å². The highest BCUT2D eigenvalue weighted by atomic mass is 19.2. The molecule has 128 valence electrons. The van der Waals surface area contributed by atoms with Gasteiger partial charge in [-0.25, -0.2) is 8.78 Å². The van der Waals surface area contributed by atoms with E-state index in [0.29, 0.717) is 17.7 Å². The van der Waals surface area contributed by atoms with Crippen molar-refractivity contribution in [3.63, 3.8) is 0 Å². The van der Waals surface area contributed by atoms with Crippen LogP contribution in [0.25, 0.3) is 0 Å². The van der Waals surface area contributed by atoms with Crippen LogP contribution in [0, 0.1) is 23.5 Å². The molecule has 0 amide bonds. The number of halogens is 2. The fourth-order valence-corrected chi connectivity index (χ4v) is 4.21. The number of benzene rings is 1. The van der Waals surface area contributed by atoms with Gasteiger partial charge in [-0.3, -0.25) is 0 Å². The third-order valence-electron chi connectivity index (χ3n) is 5.83. The molecule has 0 atom stereocenters. The molecule has 2 fully saturated rings. The normalized spacial score (nSPS) is 21.8. The molecule has 1 aromatic rings. The van der Waals surface area contributed by atoms with Gasteiger partial charge in [-0.1, -0.05) is 13.0 Å². The van der Waals surface area contributed by atoms with E-state index in [0.717, 1.165) is 37.8 Å². The molecule has 0 saturated carbocycles. The van der Waals surface area contributed by atoms with Crippen LogP contribution in [0.4, 0.5) is 14.5 Å². The standard InChI is InChI=1S/C19H28F2N2/c1-3-14-4-5-17(19(21)18(14)20)23-12-8-16(9-13-23)15-6-10-22(2)11-7-15/h4-5,15-16H,3,6-13H2,1-2H3. The molecule has 2 aliphatic rings. The van der Waals surface area contributed by atoms with Crippen molar-refractivity contribution in [1.29, 1.82) is 0 Å². The molecule has 0 aliphatic carbocycles. The first kappa shape index (κ1) is 16.7. The zero-order chi connectivity index (χ0) is 16.4. The van der Waals surface area contributed by atoms with E-state index in [-0.39, 0.29) is 0 Å². The number of likely N-dealkylation sites (tertiary alicyclic amines) is 1. The number of nitrogens with zero attached hydrogens (tertiary/aromatic N) is 2. The molecule has 2 aliphatic heterocycles. The number of aryl methyl sites for hydroxylation is 1. The SMILES string of the molecule is CCc1ccc(N2CCC(C3CCN(C)CC3)CC2)c(F)c1F. The molecule has 4 heteroatoms. The summed E-state index contributed by atoms with van der Waals surface area (Å²) < 4.78 is 28.3. The van der Waals surface area contributed by atoms with Gasteiger partial charge in [0.2, 0.25) is 0 Å². The average Bonchev–Trinajstić information content (AvgIpc) is 2.58. The Balaban J connectivity index is 1.62. The molecular formula is C19H28F2N2. The van der Waals surface area contributed by atoms with Gasteiger partial charge in [0.15, 0.2) is 11.6 Å². The first-order valence-corrected chi connectivity index (χ1v) is 9.00. The van der Waals surface area contributed by atoms with Gasteiger partial charge >= 0.3 is 0 Å². The van der Waals surface area contributed by atoms with Crippen molar-refractivity contribution in [2.75, 3.05) is 38.1 Å². The van der Waals surface area contributed by atoms with Crippen molar-refractivity contribution >= 4 is 5.69 Å². The Hall–Kier alpha value is -1.16. The van der Waals surface area contributed by atoms with Gasteiger partial charge in [-0.15, -0.1) is 0 Å². The molecule has 2 nitrogen and oxygen atoms in total. The van der Waals surface area contributed by atoms with Crippen molar-refractivity contribution in [3.05, 3.63) is 29.3 Å². The maximum Gasteiger partial charge on any atom is 0.182 e. The topological polar surface area (TPSA) is 6.48 Å². The Morgan fingerprint density at radius 3 is 2.04 bits per heavy atom. The zero-order valence-electron chi connectivity index (χ0n) is 14.3. The van der Waals surface area contributed by atoms with Crippen molar-refractivity contribution in [2.45, 2.75) is 39.0 Å². The number of rotatable bonds is 3. The van der Waals surface area contributed by atoms with Crippen LogP contribution in [0.3, 0.4) is 0 Å². The highest BCUT2D eigenvalue weighted by Crippen LogP contribution is 2.34. The Bertz CT molecular complexity index is 530. The predicted molar refractivity (Wildman–Crippen MR) is 90.9 cm³/mol. The summed E-state index contributed by atoms with van der Waals surface area (Å²) in [7, 11) is 2.19. The smallest absolute Gasteiger partial charge is 0.182 e. The minimum atomic E-state index is -0.665. The van der Waals surface area contributed by atoms with Crippen LogP contribution in [-0.4, -0.2) is 38.1 Å². The van der Waals surface area contributed by atoms with Crippen LogP contribution < -0.4 is 4.90 Å². The number of piperidine rings is 2. The number of hydrogen-bond acceptors (Lipinski definition) is 2. The molecule has 0 N–H and O–H groups in total. The summed E-state index contributed by atoms with van der Waals surface area (Å²) in [6, 6.07) is 3.49. The van der Waals surface area contributed by atoms with E-state index < -0.39 is 11.6 Å². The van der Waals surface area contributed by atoms with E-state index in [2.05, 4.69) is 11.9 Å². The molecule has 0 unspecified atom stereocenters. The molecule has 0 bridgehead atoms. The van der Waals surface area contributed by atoms with Crippen LogP contribution >= 0.6 is 0 Å². The summed E-state index contributed by atoms with van der Waals surface area (Å²) in [5, 5.41) is 0. The molecule has 2 saturated heterocycles. The summed E-state index contributed by atoms with van der Waals surface area (Å²) >= 11 is 0. The minimum absolute atomic E-state index is 0.446. The van der Waals surface area contributed by atoms with Gasteiger partial charge in [-0.05, 0) is 75.7 Å². The van der Waals surface area contributed by atoms with E-state index in [1.807, 2.05) is 11.8 Å². The van der Waals surface area contributed by atoms with Crippen LogP contribution in [0.1, 0.15) is 38.2 Å². The highest BCUT2D eigenvalue weighted by Gasteiger charge is 2.30. The van der Waals surface area contributed by atoms with E-state index in [1.54, 1.807) is 12.1 Å². The predicted octanol–water partition coefficient (Wildman–Crippen LogP) is 4.09. The Morgan fingerprint density at radius 2 is 1.48 bits per heavy atom. The van der Waals surface area contributed by atoms with E-state index >= 15 is 0 Å². The Labute approximate surface area is 138 Å². The second-order valence-corrected chi connectivity index (χ2v) is 7.19. The Morgan fingerprint density at radius 1 is 0.913 bits per heavy atom. The van der Waals surface area contributed by atoms with Gasteiger partial charge in [0, 0.05) is 13.1 Å². The lowest BCUT2D eigenvalue weighted by Gasteiger charge is -2.40. The fraction of sp³-hybridized carbons (Fsp3) is 0.684. The second kappa shape index (κ2) is 7.16. The lowest BCUT2D eigenvalue weighted by Crippen LogP contribution is -2.40. The summed E-state index contributed by atoms with van der Waals surface area (Å²) in [5.74, 6) is 0.240. The number of hydrogen-bond donors (Lipinski definition) is 0. The second-order valence-electron chi connectivity index (χ2n) is 7.19. The largest absolute Gasteiger partial charge is 0.369 e. The minimum Gasteiger partial charge on any atom is -0.369 e. The van der Waals surface area contributed by atoms with Gasteiger partial charge in [0.1, 0.15) is 0 Å². The average molecular weight is 322 g/mol. The lowest BCUT2D eigenvalue weighted by molar-refractivity contribution is 0.154. The maximum absolute atomic E-state index is 14.3. The quantitative estimate of drug-likeness (QED) is 0.827. The molecule has 23 heavy (non-hydrogen) atoms. The van der Waals surface area contributed by atoms with E-state index in [4.69, 9.17) is 0 Å². The zero-order valence-corrected chi connectivity index (χ0v) is 14.3. The van der Waals surface area contributed by atoms with E-state index in [9.17, 15) is 8.78 Å². The number of anilines is 1. The fourth-order valence-electron chi connectivity index (χ4n) is 4.21. The summed E-state index contributed by atoms with van der Waals surface area (Å²) in [6.45, 7) is 5.94. The Kier molecular flexibility index (Phi) is 5.20. The van der Waals surface area contributed by atoms with Gasteiger partial charge in [0.25, 0.3) is 0 Å². The van der Waals surface area contributed by atoms with Crippen molar-refractivity contribution in [3.8, 4) is 0 Å². The maximum atomic E-state index is 14.3. The monoisotopic (exact) mass is 322 g/mol. The summed E-state index contributed by atoms with van der Waals surface area (Å²) in [5.41, 5.74) is 0.911. The molecule has 0 spiro atoms. The van der Waals surface area contributed by atoms with Crippen LogP contribution in [-0.2, 0) is 6.42 Å². The van der Waals surface area contributed by atoms with Crippen molar-refractivity contribution < 1.29 is 8.78 Å². The highest BCUT2D eigenvalue weighted by molar-refractivity contribution is 5.50. The van der Waals surface area contributed by atoms with Crippen molar-refractivity contribution in [2.24, 2.45) is 11.8 Å². The van der Waals surface area contributed by atoms with Gasteiger partial charge in [-0.2, -0.15) is 0 Å². The molecule has 3 rings (SSSR count). The van der Waals surface area contributed by atoms with Crippen LogP contribution in [0.5, 0.6) is 0 Å². The first-order valence-electron chi connectivity index (χ1n) is 9.00. The van der Waals surface area contributed by atoms with Crippen LogP contribution in [0.15, 0.2) is 12.1 Å². The molecule has 0 aromatic heterocycles. The summed E-state index contributed by atoms with van der Waals surface area (Å²) in [6.07, 6.45) is 5.31. The molecular weight excluding hydrogens is 294 g/mol.